The summed E-state index contributed by atoms with van der Waals surface area (Å²) in [5.74, 6) is -2.38. The molecule has 1 amide bonds. The third-order valence-electron chi connectivity index (χ3n) is 4.13. The average molecular weight is 381 g/mol. The van der Waals surface area contributed by atoms with Gasteiger partial charge in [0, 0.05) is 11.5 Å². The molecule has 10 nitrogen and oxygen atoms in total. The van der Waals surface area contributed by atoms with Crippen LogP contribution in [0, 0.1) is 10.1 Å². The minimum atomic E-state index is -1.60. The molecule has 0 fully saturated rings. The van der Waals surface area contributed by atoms with E-state index in [1.54, 1.807) is 12.1 Å². The van der Waals surface area contributed by atoms with Crippen molar-refractivity contribution in [3.63, 3.8) is 0 Å². The van der Waals surface area contributed by atoms with Crippen LogP contribution in [0.4, 0.5) is 11.4 Å². The summed E-state index contributed by atoms with van der Waals surface area (Å²) in [6.45, 7) is 1.33. The van der Waals surface area contributed by atoms with E-state index in [1.807, 2.05) is 0 Å². The van der Waals surface area contributed by atoms with Gasteiger partial charge in [0.25, 0.3) is 11.2 Å². The SMILES string of the molecule is C[C@@H](C(=O)Nc1ccccc1[N+](=O)[O-])n1nc(C(=O)[O-])c2ccccc2c1=O. The first-order valence-electron chi connectivity index (χ1n) is 8.08. The van der Waals surface area contributed by atoms with E-state index >= 15 is 0 Å². The van der Waals surface area contributed by atoms with Crippen molar-refractivity contribution in [1.29, 1.82) is 0 Å². The van der Waals surface area contributed by atoms with Gasteiger partial charge >= 0.3 is 0 Å². The number of hydrogen-bond acceptors (Lipinski definition) is 7. The van der Waals surface area contributed by atoms with Gasteiger partial charge in [-0.15, -0.1) is 0 Å². The number of para-hydroxylation sites is 2. The van der Waals surface area contributed by atoms with Gasteiger partial charge in [-0.1, -0.05) is 30.3 Å². The first kappa shape index (κ1) is 18.7. The lowest BCUT2D eigenvalue weighted by molar-refractivity contribution is -0.383. The number of benzene rings is 2. The highest BCUT2D eigenvalue weighted by Crippen LogP contribution is 2.24. The Bertz CT molecular complexity index is 1170. The molecule has 0 saturated carbocycles. The zero-order valence-electron chi connectivity index (χ0n) is 14.5. The van der Waals surface area contributed by atoms with E-state index < -0.39 is 34.1 Å². The predicted molar refractivity (Wildman–Crippen MR) is 96.8 cm³/mol. The first-order valence-corrected chi connectivity index (χ1v) is 8.08. The molecule has 0 saturated heterocycles. The molecule has 0 radical (unpaired) electrons. The molecule has 0 unspecified atom stereocenters. The number of nitro benzene ring substituents is 1. The third kappa shape index (κ3) is 3.30. The Labute approximate surface area is 157 Å². The van der Waals surface area contributed by atoms with Gasteiger partial charge in [0.2, 0.25) is 5.91 Å². The number of aromatic nitrogens is 2. The van der Waals surface area contributed by atoms with Gasteiger partial charge in [0.05, 0.1) is 16.3 Å². The molecular formula is C18H13N4O6-. The number of nitrogens with one attached hydrogen (secondary N) is 1. The van der Waals surface area contributed by atoms with Gasteiger partial charge in [-0.25, -0.2) is 4.68 Å². The zero-order chi connectivity index (χ0) is 20.4. The molecule has 1 aromatic heterocycles. The highest BCUT2D eigenvalue weighted by atomic mass is 16.6. The molecule has 0 spiro atoms. The molecule has 0 aliphatic carbocycles. The molecule has 3 aromatic rings. The van der Waals surface area contributed by atoms with Gasteiger partial charge < -0.3 is 15.2 Å². The summed E-state index contributed by atoms with van der Waals surface area (Å²) >= 11 is 0. The van der Waals surface area contributed by atoms with Crippen molar-refractivity contribution < 1.29 is 19.6 Å². The Kier molecular flexibility index (Phi) is 4.86. The Morgan fingerprint density at radius 1 is 1.11 bits per heavy atom. The van der Waals surface area contributed by atoms with Crippen LogP contribution in [-0.2, 0) is 4.79 Å². The Morgan fingerprint density at radius 2 is 1.71 bits per heavy atom. The number of carbonyl (C=O) groups is 2. The topological polar surface area (TPSA) is 147 Å². The molecule has 1 atom stereocenters. The highest BCUT2D eigenvalue weighted by molar-refractivity contribution is 6.00. The standard InChI is InChI=1S/C18H14N4O6/c1-10(16(23)19-13-8-4-5-9-14(13)22(27)28)21-17(24)12-7-3-2-6-11(12)15(20-21)18(25)26/h2-10H,1H3,(H,19,23)(H,25,26)/p-1/t10-/m0/s1. The van der Waals surface area contributed by atoms with E-state index in [-0.39, 0.29) is 22.1 Å². The number of nitrogens with zero attached hydrogens (tertiary/aromatic N) is 3. The maximum atomic E-state index is 12.7. The van der Waals surface area contributed by atoms with Gasteiger partial charge in [-0.3, -0.25) is 19.7 Å². The molecule has 28 heavy (non-hydrogen) atoms. The molecular weight excluding hydrogens is 368 g/mol. The monoisotopic (exact) mass is 381 g/mol. The van der Waals surface area contributed by atoms with Gasteiger partial charge in [0.1, 0.15) is 17.4 Å². The average Bonchev–Trinajstić information content (AvgIpc) is 2.68. The number of hydrogen-bond donors (Lipinski definition) is 1. The summed E-state index contributed by atoms with van der Waals surface area (Å²) in [5, 5.41) is 28.8. The lowest BCUT2D eigenvalue weighted by Gasteiger charge is -2.17. The number of amides is 1. The predicted octanol–water partition coefficient (Wildman–Crippen LogP) is 0.868. The number of nitro groups is 1. The van der Waals surface area contributed by atoms with Crippen molar-refractivity contribution >= 4 is 34.0 Å². The van der Waals surface area contributed by atoms with E-state index in [9.17, 15) is 29.6 Å². The number of carboxylic acids is 1. The summed E-state index contributed by atoms with van der Waals surface area (Å²) in [6, 6.07) is 10.2. The van der Waals surface area contributed by atoms with E-state index in [4.69, 9.17) is 0 Å². The molecule has 2 aromatic carbocycles. The molecule has 0 aliphatic heterocycles. The lowest BCUT2D eigenvalue weighted by atomic mass is 10.1. The normalized spacial score (nSPS) is 11.8. The number of anilines is 1. The van der Waals surface area contributed by atoms with E-state index in [1.165, 1.54) is 43.3 Å². The van der Waals surface area contributed by atoms with Crippen molar-refractivity contribution in [3.8, 4) is 0 Å². The second kappa shape index (κ2) is 7.27. The number of fused-ring (bicyclic) bond motifs is 1. The van der Waals surface area contributed by atoms with Crippen LogP contribution >= 0.6 is 0 Å². The maximum absolute atomic E-state index is 12.7. The fourth-order valence-corrected chi connectivity index (χ4v) is 2.71. The van der Waals surface area contributed by atoms with Crippen LogP contribution < -0.4 is 16.0 Å². The van der Waals surface area contributed by atoms with E-state index in [0.29, 0.717) is 0 Å². The van der Waals surface area contributed by atoms with Crippen LogP contribution in [0.25, 0.3) is 10.8 Å². The second-order valence-electron chi connectivity index (χ2n) is 5.87. The summed E-state index contributed by atoms with van der Waals surface area (Å²) in [5.41, 5.74) is -1.54. The summed E-state index contributed by atoms with van der Waals surface area (Å²) in [4.78, 5) is 47.1. The van der Waals surface area contributed by atoms with Crippen LogP contribution in [0.15, 0.2) is 53.3 Å². The smallest absolute Gasteiger partial charge is 0.292 e. The number of carboxylic acid groups (broad SMARTS) is 1. The molecule has 1 heterocycles. The molecule has 0 aliphatic rings. The van der Waals surface area contributed by atoms with Gasteiger partial charge in [-0.2, -0.15) is 5.10 Å². The first-order chi connectivity index (χ1) is 13.3. The lowest BCUT2D eigenvalue weighted by Crippen LogP contribution is -2.36. The molecule has 3 rings (SSSR count). The number of aromatic carboxylic acids is 1. The third-order valence-corrected chi connectivity index (χ3v) is 4.13. The molecule has 1 N–H and O–H groups in total. The second-order valence-corrected chi connectivity index (χ2v) is 5.87. The summed E-state index contributed by atoms with van der Waals surface area (Å²) in [6.07, 6.45) is 0. The highest BCUT2D eigenvalue weighted by Gasteiger charge is 2.23. The fourth-order valence-electron chi connectivity index (χ4n) is 2.71. The van der Waals surface area contributed by atoms with Crippen LogP contribution in [0.1, 0.15) is 23.5 Å². The molecule has 10 heteroatoms. The minimum Gasteiger partial charge on any atom is -0.543 e. The molecule has 0 bridgehead atoms. The largest absolute Gasteiger partial charge is 0.543 e. The van der Waals surface area contributed by atoms with Crippen molar-refractivity contribution in [1.82, 2.24) is 9.78 Å². The van der Waals surface area contributed by atoms with Crippen LogP contribution in [-0.4, -0.2) is 26.6 Å². The van der Waals surface area contributed by atoms with E-state index in [2.05, 4.69) is 10.4 Å². The maximum Gasteiger partial charge on any atom is 0.292 e. The zero-order valence-corrected chi connectivity index (χ0v) is 14.5. The number of carbonyl (C=O) groups excluding carboxylic acids is 2. The minimum absolute atomic E-state index is 0.0571. The van der Waals surface area contributed by atoms with Crippen LogP contribution in [0.5, 0.6) is 0 Å². The van der Waals surface area contributed by atoms with Crippen molar-refractivity contribution in [3.05, 3.63) is 74.7 Å². The summed E-state index contributed by atoms with van der Waals surface area (Å²) in [7, 11) is 0. The van der Waals surface area contributed by atoms with Gasteiger partial charge in [-0.05, 0) is 19.1 Å². The number of rotatable bonds is 5. The van der Waals surface area contributed by atoms with Crippen molar-refractivity contribution in [2.24, 2.45) is 0 Å². The van der Waals surface area contributed by atoms with Crippen molar-refractivity contribution in [2.45, 2.75) is 13.0 Å². The molecule has 142 valence electrons. The Morgan fingerprint density at radius 3 is 2.36 bits per heavy atom. The van der Waals surface area contributed by atoms with Crippen molar-refractivity contribution in [2.75, 3.05) is 5.32 Å². The van der Waals surface area contributed by atoms with Crippen LogP contribution in [0.2, 0.25) is 0 Å². The fraction of sp³-hybridized carbons (Fsp3) is 0.111. The van der Waals surface area contributed by atoms with Crippen LogP contribution in [0.3, 0.4) is 0 Å². The Balaban J connectivity index is 2.04. The summed E-state index contributed by atoms with van der Waals surface area (Å²) < 4.78 is 0.720. The quantitative estimate of drug-likeness (QED) is 0.509. The van der Waals surface area contributed by atoms with Gasteiger partial charge in [0.15, 0.2) is 0 Å². The Hall–Kier alpha value is -4.08. The van der Waals surface area contributed by atoms with E-state index in [0.717, 1.165) is 4.68 Å².